The maximum absolute atomic E-state index is 13.0. The molecule has 72 valence electrons. The van der Waals surface area contributed by atoms with Crippen molar-refractivity contribution >= 4 is 40.3 Å². The van der Waals surface area contributed by atoms with Crippen LogP contribution in [0.4, 0.5) is 10.1 Å². The molecule has 1 aliphatic heterocycles. The molecule has 1 aromatic rings. The average molecular weight is 303 g/mol. The maximum atomic E-state index is 13.0. The first-order valence-corrected chi connectivity index (χ1v) is 5.25. The number of benzene rings is 1. The van der Waals surface area contributed by atoms with Gasteiger partial charge in [0.25, 0.3) is 0 Å². The van der Waals surface area contributed by atoms with Crippen molar-refractivity contribution in [2.45, 2.75) is 6.92 Å². The molecule has 0 saturated heterocycles. The van der Waals surface area contributed by atoms with Gasteiger partial charge in [0.05, 0.1) is 11.6 Å². The van der Waals surface area contributed by atoms with Crippen molar-refractivity contribution in [1.82, 2.24) is 0 Å². The molecule has 1 unspecified atom stereocenters. The van der Waals surface area contributed by atoms with E-state index in [0.717, 1.165) is 0 Å². The molecule has 1 aliphatic rings. The van der Waals surface area contributed by atoms with Crippen LogP contribution in [0.5, 0.6) is 0 Å². The Morgan fingerprint density at radius 3 is 2.93 bits per heavy atom. The predicted molar refractivity (Wildman–Crippen MR) is 60.8 cm³/mol. The quantitative estimate of drug-likeness (QED) is 0.678. The number of hydrogen-bond donors (Lipinski definition) is 0. The van der Waals surface area contributed by atoms with Crippen LogP contribution in [0.15, 0.2) is 17.1 Å². The summed E-state index contributed by atoms with van der Waals surface area (Å²) in [7, 11) is 0. The monoisotopic (exact) mass is 303 g/mol. The van der Waals surface area contributed by atoms with E-state index in [-0.39, 0.29) is 17.5 Å². The van der Waals surface area contributed by atoms with Crippen LogP contribution in [0.3, 0.4) is 0 Å². The smallest absolute Gasteiger partial charge is 0.173 e. The van der Waals surface area contributed by atoms with Crippen molar-refractivity contribution in [2.24, 2.45) is 10.9 Å². The lowest BCUT2D eigenvalue weighted by atomic mass is 9.96. The Morgan fingerprint density at radius 1 is 1.50 bits per heavy atom. The summed E-state index contributed by atoms with van der Waals surface area (Å²) in [5, 5.41) is 0. The lowest BCUT2D eigenvalue weighted by Gasteiger charge is -2.14. The second-order valence-corrected chi connectivity index (χ2v) is 4.38. The van der Waals surface area contributed by atoms with Crippen LogP contribution >= 0.6 is 22.6 Å². The first-order valence-electron chi connectivity index (χ1n) is 4.17. The number of aliphatic imine (C=N–C) groups is 1. The molecule has 2 rings (SSSR count). The number of halogens is 2. The molecule has 1 heterocycles. The fraction of sp³-hybridized carbons (Fsp3) is 0.200. The zero-order valence-electron chi connectivity index (χ0n) is 7.42. The van der Waals surface area contributed by atoms with Crippen molar-refractivity contribution in [1.29, 1.82) is 0 Å². The van der Waals surface area contributed by atoms with Gasteiger partial charge < -0.3 is 0 Å². The molecule has 0 amide bonds. The van der Waals surface area contributed by atoms with Crippen LogP contribution < -0.4 is 0 Å². The van der Waals surface area contributed by atoms with Crippen molar-refractivity contribution in [2.75, 3.05) is 0 Å². The molecule has 0 bridgehead atoms. The number of carbonyl (C=O) groups is 1. The number of rotatable bonds is 0. The second kappa shape index (κ2) is 3.42. The summed E-state index contributed by atoms with van der Waals surface area (Å²) >= 11 is 1.98. The Balaban J connectivity index is 2.68. The summed E-state index contributed by atoms with van der Waals surface area (Å²) in [6, 6.07) is 2.63. The van der Waals surface area contributed by atoms with E-state index in [1.54, 1.807) is 13.1 Å². The van der Waals surface area contributed by atoms with E-state index in [1.807, 2.05) is 22.6 Å². The van der Waals surface area contributed by atoms with Gasteiger partial charge in [-0.1, -0.05) is 6.92 Å². The summed E-state index contributed by atoms with van der Waals surface area (Å²) in [6.07, 6.45) is 1.60. The summed E-state index contributed by atoms with van der Waals surface area (Å²) in [5.74, 6) is -0.696. The van der Waals surface area contributed by atoms with Crippen molar-refractivity contribution in [3.05, 3.63) is 27.1 Å². The predicted octanol–water partition coefficient (Wildman–Crippen LogP) is 2.97. The van der Waals surface area contributed by atoms with Gasteiger partial charge in [0, 0.05) is 15.3 Å². The topological polar surface area (TPSA) is 29.4 Å². The number of nitrogens with zero attached hydrogens (tertiary/aromatic N) is 1. The third-order valence-corrected chi connectivity index (χ3v) is 2.96. The maximum Gasteiger partial charge on any atom is 0.173 e. The number of carbonyl (C=O) groups excluding carboxylic acids is 1. The Morgan fingerprint density at radius 2 is 2.21 bits per heavy atom. The minimum Gasteiger partial charge on any atom is -0.293 e. The lowest BCUT2D eigenvalue weighted by Crippen LogP contribution is -2.17. The minimum atomic E-state index is -0.384. The first-order chi connectivity index (χ1) is 6.59. The zero-order valence-corrected chi connectivity index (χ0v) is 9.58. The molecule has 1 atom stereocenters. The van der Waals surface area contributed by atoms with E-state index >= 15 is 0 Å². The third kappa shape index (κ3) is 1.47. The highest BCUT2D eigenvalue weighted by Gasteiger charge is 2.23. The van der Waals surface area contributed by atoms with Gasteiger partial charge in [0.1, 0.15) is 5.82 Å². The number of ketones is 1. The molecule has 0 aromatic heterocycles. The van der Waals surface area contributed by atoms with Gasteiger partial charge in [0.2, 0.25) is 0 Å². The van der Waals surface area contributed by atoms with Crippen LogP contribution in [-0.4, -0.2) is 12.0 Å². The van der Waals surface area contributed by atoms with E-state index < -0.39 is 0 Å². The van der Waals surface area contributed by atoms with Crippen molar-refractivity contribution in [3.8, 4) is 0 Å². The van der Waals surface area contributed by atoms with Gasteiger partial charge in [-0.2, -0.15) is 0 Å². The van der Waals surface area contributed by atoms with Gasteiger partial charge in [-0.15, -0.1) is 0 Å². The van der Waals surface area contributed by atoms with Crippen molar-refractivity contribution < 1.29 is 9.18 Å². The summed E-state index contributed by atoms with van der Waals surface area (Å²) in [4.78, 5) is 15.8. The van der Waals surface area contributed by atoms with Gasteiger partial charge in [-0.25, -0.2) is 4.39 Å². The molecule has 0 radical (unpaired) electrons. The van der Waals surface area contributed by atoms with Gasteiger partial charge in [-0.05, 0) is 34.7 Å². The Labute approximate surface area is 94.4 Å². The summed E-state index contributed by atoms with van der Waals surface area (Å²) in [6.45, 7) is 1.76. The zero-order chi connectivity index (χ0) is 10.3. The second-order valence-electron chi connectivity index (χ2n) is 3.21. The average Bonchev–Trinajstić information content (AvgIpc) is 2.12. The van der Waals surface area contributed by atoms with Gasteiger partial charge >= 0.3 is 0 Å². The van der Waals surface area contributed by atoms with Crippen LogP contribution in [0.2, 0.25) is 0 Å². The molecular formula is C10H7FINO. The van der Waals surface area contributed by atoms with Crippen molar-refractivity contribution in [3.63, 3.8) is 0 Å². The molecule has 0 N–H and O–H groups in total. The van der Waals surface area contributed by atoms with Crippen LogP contribution in [0, 0.1) is 15.3 Å². The standard InChI is InChI=1S/C10H7FINO/c1-5-4-13-9-7(10(5)14)2-6(11)3-8(9)12/h2-5H,1H3. The van der Waals surface area contributed by atoms with Crippen LogP contribution in [0.25, 0.3) is 0 Å². The van der Waals surface area contributed by atoms with Crippen LogP contribution in [0.1, 0.15) is 17.3 Å². The molecule has 2 nitrogen and oxygen atoms in total. The van der Waals surface area contributed by atoms with Gasteiger partial charge in [-0.3, -0.25) is 9.79 Å². The highest BCUT2D eigenvalue weighted by molar-refractivity contribution is 14.1. The molecule has 0 saturated carbocycles. The molecule has 0 aliphatic carbocycles. The lowest BCUT2D eigenvalue weighted by molar-refractivity contribution is 0.0962. The molecule has 0 fully saturated rings. The number of Topliss-reactive ketones (excluding diaryl/α,β-unsaturated/α-hetero) is 1. The van der Waals surface area contributed by atoms with Crippen LogP contribution in [-0.2, 0) is 0 Å². The van der Waals surface area contributed by atoms with E-state index in [2.05, 4.69) is 4.99 Å². The minimum absolute atomic E-state index is 0.0626. The molecular weight excluding hydrogens is 296 g/mol. The van der Waals surface area contributed by atoms with E-state index in [4.69, 9.17) is 0 Å². The first kappa shape index (κ1) is 9.76. The number of fused-ring (bicyclic) bond motifs is 1. The van der Waals surface area contributed by atoms with E-state index in [9.17, 15) is 9.18 Å². The highest BCUT2D eigenvalue weighted by atomic mass is 127. The van der Waals surface area contributed by atoms with E-state index in [1.165, 1.54) is 12.1 Å². The summed E-state index contributed by atoms with van der Waals surface area (Å²) in [5.41, 5.74) is 0.986. The largest absolute Gasteiger partial charge is 0.293 e. The molecule has 14 heavy (non-hydrogen) atoms. The Hall–Kier alpha value is -0.780. The number of hydrogen-bond acceptors (Lipinski definition) is 2. The fourth-order valence-electron chi connectivity index (χ4n) is 1.38. The Kier molecular flexibility index (Phi) is 2.38. The molecule has 0 spiro atoms. The normalized spacial score (nSPS) is 19.6. The molecule has 4 heteroatoms. The van der Waals surface area contributed by atoms with E-state index in [0.29, 0.717) is 14.8 Å². The Bertz CT molecular complexity index is 442. The highest BCUT2D eigenvalue weighted by Crippen LogP contribution is 2.31. The SMILES string of the molecule is CC1C=Nc2c(I)cc(F)cc2C1=O. The van der Waals surface area contributed by atoms with Gasteiger partial charge in [0.15, 0.2) is 5.78 Å². The third-order valence-electron chi connectivity index (χ3n) is 2.13. The fourth-order valence-corrected chi connectivity index (χ4v) is 2.11. The molecule has 1 aromatic carbocycles. The summed E-state index contributed by atoms with van der Waals surface area (Å²) < 4.78 is 13.7.